The molecule has 0 N–H and O–H groups in total. The molecule has 0 aromatic carbocycles. The molecular weight excluding hydrogens is 170 g/mol. The Balaban J connectivity index is 5.34. The van der Waals surface area contributed by atoms with Crippen LogP contribution >= 0.6 is 0 Å². The molecule has 1 heteroatoms. The lowest BCUT2D eigenvalue weighted by Gasteiger charge is -2.14. The Bertz CT molecular complexity index is 263. The van der Waals surface area contributed by atoms with Crippen LogP contribution in [0.15, 0.2) is 27.4 Å². The van der Waals surface area contributed by atoms with E-state index in [1.807, 2.05) is 0 Å². The zero-order valence-electron chi connectivity index (χ0n) is 10.4. The summed E-state index contributed by atoms with van der Waals surface area (Å²) in [6.45, 7) is 16.6. The van der Waals surface area contributed by atoms with Crippen molar-refractivity contribution >= 4 is 6.72 Å². The summed E-state index contributed by atoms with van der Waals surface area (Å²) in [5.74, 6) is 0.452. The van der Waals surface area contributed by atoms with Crippen molar-refractivity contribution in [3.8, 4) is 0 Å². The molecule has 0 spiro atoms. The molecule has 0 fully saturated rings. The van der Waals surface area contributed by atoms with Crippen molar-refractivity contribution in [3.63, 3.8) is 0 Å². The van der Waals surface area contributed by atoms with Crippen molar-refractivity contribution in [1.29, 1.82) is 0 Å². The van der Waals surface area contributed by atoms with Gasteiger partial charge in [0.25, 0.3) is 0 Å². The Labute approximate surface area is 88.6 Å². The zero-order valence-corrected chi connectivity index (χ0v) is 10.4. The van der Waals surface area contributed by atoms with E-state index in [0.29, 0.717) is 5.92 Å². The maximum atomic E-state index is 4.13. The Morgan fingerprint density at radius 3 is 1.93 bits per heavy atom. The summed E-state index contributed by atoms with van der Waals surface area (Å²) in [6, 6.07) is 0. The first-order chi connectivity index (χ1) is 6.45. The fourth-order valence-electron chi connectivity index (χ4n) is 1.88. The molecule has 0 aliphatic heterocycles. The highest BCUT2D eigenvalue weighted by molar-refractivity contribution is 5.40. The van der Waals surface area contributed by atoms with E-state index in [0.717, 1.165) is 12.1 Å². The third kappa shape index (κ3) is 3.13. The van der Waals surface area contributed by atoms with Crippen molar-refractivity contribution in [2.45, 2.75) is 48.0 Å². The molecule has 80 valence electrons. The van der Waals surface area contributed by atoms with E-state index >= 15 is 0 Å². The first-order valence-corrected chi connectivity index (χ1v) is 5.29. The average Bonchev–Trinajstić information content (AvgIpc) is 2.04. The normalized spacial score (nSPS) is 12.5. The summed E-state index contributed by atoms with van der Waals surface area (Å²) in [7, 11) is 0. The molecular formula is C13H23N. The van der Waals surface area contributed by atoms with Gasteiger partial charge in [0.15, 0.2) is 0 Å². The molecule has 0 saturated heterocycles. The third-order valence-corrected chi connectivity index (χ3v) is 2.51. The van der Waals surface area contributed by atoms with Crippen LogP contribution in [0.3, 0.4) is 0 Å². The number of hydrogen-bond donors (Lipinski definition) is 0. The highest BCUT2D eigenvalue weighted by atomic mass is 14.7. The smallest absolute Gasteiger partial charge is 0.0453 e. The minimum atomic E-state index is 0.452. The van der Waals surface area contributed by atoms with Gasteiger partial charge in [0, 0.05) is 5.70 Å². The number of rotatable bonds is 4. The largest absolute Gasteiger partial charge is 0.269 e. The molecule has 0 amide bonds. The molecule has 0 atom stereocenters. The summed E-state index contributed by atoms with van der Waals surface area (Å²) in [5.41, 5.74) is 5.23. The Kier molecular flexibility index (Phi) is 5.44. The first-order valence-electron chi connectivity index (χ1n) is 5.29. The average molecular weight is 193 g/mol. The van der Waals surface area contributed by atoms with Crippen molar-refractivity contribution < 1.29 is 0 Å². The van der Waals surface area contributed by atoms with Crippen LogP contribution in [0.4, 0.5) is 0 Å². The second-order valence-electron chi connectivity index (χ2n) is 4.16. The van der Waals surface area contributed by atoms with Crippen LogP contribution in [0.1, 0.15) is 48.0 Å². The number of nitrogens with zero attached hydrogens (tertiary/aromatic N) is 1. The summed E-state index contributed by atoms with van der Waals surface area (Å²) in [4.78, 5) is 4.13. The van der Waals surface area contributed by atoms with Gasteiger partial charge in [-0.2, -0.15) is 0 Å². The molecule has 0 aliphatic carbocycles. The van der Waals surface area contributed by atoms with E-state index in [1.165, 1.54) is 16.7 Å². The molecule has 0 aromatic heterocycles. The molecule has 0 unspecified atom stereocenters. The third-order valence-electron chi connectivity index (χ3n) is 2.51. The van der Waals surface area contributed by atoms with Gasteiger partial charge in [-0.1, -0.05) is 26.3 Å². The van der Waals surface area contributed by atoms with Crippen molar-refractivity contribution in [2.75, 3.05) is 0 Å². The van der Waals surface area contributed by atoms with Gasteiger partial charge in [-0.05, 0) is 51.0 Å². The predicted octanol–water partition coefficient (Wildman–Crippen LogP) is 4.36. The van der Waals surface area contributed by atoms with Crippen LogP contribution in [0.25, 0.3) is 0 Å². The Morgan fingerprint density at radius 1 is 1.21 bits per heavy atom. The monoisotopic (exact) mass is 193 g/mol. The van der Waals surface area contributed by atoms with E-state index in [1.54, 1.807) is 0 Å². The predicted molar refractivity (Wildman–Crippen MR) is 65.8 cm³/mol. The van der Waals surface area contributed by atoms with E-state index in [9.17, 15) is 0 Å². The summed E-state index contributed by atoms with van der Waals surface area (Å²) >= 11 is 0. The molecule has 0 heterocycles. The molecule has 0 radical (unpaired) electrons. The molecule has 1 nitrogen and oxygen atoms in total. The lowest BCUT2D eigenvalue weighted by atomic mass is 9.95. The lowest BCUT2D eigenvalue weighted by Crippen LogP contribution is -1.98. The van der Waals surface area contributed by atoms with Gasteiger partial charge < -0.3 is 0 Å². The summed E-state index contributed by atoms with van der Waals surface area (Å²) in [6.07, 6.45) is 1.07. The maximum absolute atomic E-state index is 4.13. The highest BCUT2D eigenvalue weighted by Gasteiger charge is 2.09. The number of aliphatic imine (C=N–C) groups is 1. The van der Waals surface area contributed by atoms with E-state index in [2.05, 4.69) is 53.3 Å². The second kappa shape index (κ2) is 5.79. The van der Waals surface area contributed by atoms with E-state index in [4.69, 9.17) is 0 Å². The van der Waals surface area contributed by atoms with E-state index in [-0.39, 0.29) is 0 Å². The highest BCUT2D eigenvalue weighted by Crippen LogP contribution is 2.25. The second-order valence-corrected chi connectivity index (χ2v) is 4.16. The van der Waals surface area contributed by atoms with Crippen molar-refractivity contribution in [2.24, 2.45) is 10.9 Å². The lowest BCUT2D eigenvalue weighted by molar-refractivity contribution is 0.745. The number of allylic oxidation sites excluding steroid dienone is 4. The fourth-order valence-corrected chi connectivity index (χ4v) is 1.88. The van der Waals surface area contributed by atoms with Crippen LogP contribution in [0.5, 0.6) is 0 Å². The summed E-state index contributed by atoms with van der Waals surface area (Å²) in [5, 5.41) is 0. The standard InChI is InChI=1S/C13H23N/c1-8-12(9(2)3)11(6)13(14-7)10(4)5/h10H,7-8H2,1-6H3/b13-11-. The van der Waals surface area contributed by atoms with Gasteiger partial charge in [0.2, 0.25) is 0 Å². The van der Waals surface area contributed by atoms with Gasteiger partial charge in [0.1, 0.15) is 0 Å². The van der Waals surface area contributed by atoms with Crippen molar-refractivity contribution in [1.82, 2.24) is 0 Å². The van der Waals surface area contributed by atoms with Crippen LogP contribution in [0.2, 0.25) is 0 Å². The number of hydrogen-bond acceptors (Lipinski definition) is 1. The Morgan fingerprint density at radius 2 is 1.71 bits per heavy atom. The SMILES string of the molecule is C=N/C(=C(/C)C(CC)=C(C)C)C(C)C. The fraction of sp³-hybridized carbons (Fsp3) is 0.615. The first kappa shape index (κ1) is 13.2. The van der Waals surface area contributed by atoms with Crippen molar-refractivity contribution in [3.05, 3.63) is 22.4 Å². The van der Waals surface area contributed by atoms with Crippen LogP contribution in [-0.2, 0) is 0 Å². The van der Waals surface area contributed by atoms with Gasteiger partial charge >= 0.3 is 0 Å². The van der Waals surface area contributed by atoms with Gasteiger partial charge in [-0.15, -0.1) is 0 Å². The van der Waals surface area contributed by atoms with Gasteiger partial charge in [0.05, 0.1) is 0 Å². The van der Waals surface area contributed by atoms with Crippen LogP contribution in [-0.4, -0.2) is 6.72 Å². The minimum absolute atomic E-state index is 0.452. The van der Waals surface area contributed by atoms with Gasteiger partial charge in [-0.3, -0.25) is 4.99 Å². The minimum Gasteiger partial charge on any atom is -0.269 e. The molecule has 0 saturated carbocycles. The van der Waals surface area contributed by atoms with Gasteiger partial charge in [-0.25, -0.2) is 0 Å². The molecule has 0 rings (SSSR count). The topological polar surface area (TPSA) is 12.4 Å². The molecule has 14 heavy (non-hydrogen) atoms. The summed E-state index contributed by atoms with van der Waals surface area (Å²) < 4.78 is 0. The van der Waals surface area contributed by atoms with Crippen LogP contribution in [0, 0.1) is 5.92 Å². The zero-order chi connectivity index (χ0) is 11.3. The maximum Gasteiger partial charge on any atom is 0.0453 e. The molecule has 0 bridgehead atoms. The molecule has 0 aliphatic rings. The molecule has 0 aromatic rings. The van der Waals surface area contributed by atoms with E-state index < -0.39 is 0 Å². The van der Waals surface area contributed by atoms with Crippen LogP contribution < -0.4 is 0 Å². The quantitative estimate of drug-likeness (QED) is 0.464. The Hall–Kier alpha value is -0.850.